The Hall–Kier alpha value is -2.79. The van der Waals surface area contributed by atoms with Crippen LogP contribution in [0.1, 0.15) is 11.4 Å². The van der Waals surface area contributed by atoms with Crippen LogP contribution in [0, 0.1) is 12.7 Å². The first kappa shape index (κ1) is 15.7. The minimum absolute atomic E-state index is 0.0646. The second-order valence-electron chi connectivity index (χ2n) is 5.87. The third kappa shape index (κ3) is 2.98. The summed E-state index contributed by atoms with van der Waals surface area (Å²) in [4.78, 5) is 19.3. The summed E-state index contributed by atoms with van der Waals surface area (Å²) in [6, 6.07) is 18.1. The number of fused-ring (bicyclic) bond motifs is 1. The van der Waals surface area contributed by atoms with Gasteiger partial charge in [-0.25, -0.2) is 9.37 Å². The van der Waals surface area contributed by atoms with Crippen molar-refractivity contribution in [1.82, 2.24) is 9.55 Å². The Kier molecular flexibility index (Phi) is 3.93. The molecule has 2 aromatic carbocycles. The molecule has 3 nitrogen and oxygen atoms in total. The summed E-state index contributed by atoms with van der Waals surface area (Å²) in [7, 11) is 0. The first-order valence-corrected chi connectivity index (χ1v) is 8.74. The topological polar surface area (TPSA) is 34.9 Å². The third-order valence-electron chi connectivity index (χ3n) is 4.15. The Morgan fingerprint density at radius 3 is 2.52 bits per heavy atom. The highest BCUT2D eigenvalue weighted by Gasteiger charge is 2.13. The van der Waals surface area contributed by atoms with Crippen molar-refractivity contribution in [3.63, 3.8) is 0 Å². The zero-order valence-electron chi connectivity index (χ0n) is 13.6. The predicted octanol–water partition coefficient (Wildman–Crippen LogP) is 4.62. The number of benzene rings is 2. The fraction of sp³-hybridized carbons (Fsp3) is 0.100. The summed E-state index contributed by atoms with van der Waals surface area (Å²) in [6.45, 7) is 2.21. The van der Waals surface area contributed by atoms with Gasteiger partial charge in [0.2, 0.25) is 0 Å². The van der Waals surface area contributed by atoms with Crippen LogP contribution in [0.15, 0.2) is 65.5 Å². The van der Waals surface area contributed by atoms with Gasteiger partial charge in [-0.1, -0.05) is 42.5 Å². The number of thiophene rings is 1. The molecule has 0 saturated heterocycles. The van der Waals surface area contributed by atoms with Gasteiger partial charge in [0.25, 0.3) is 5.56 Å². The zero-order chi connectivity index (χ0) is 17.4. The number of nitrogens with zero attached hydrogens (tertiary/aromatic N) is 2. The maximum Gasteiger partial charge on any atom is 0.262 e. The molecule has 4 rings (SSSR count). The second-order valence-corrected chi connectivity index (χ2v) is 6.90. The molecule has 5 heteroatoms. The molecule has 0 bridgehead atoms. The fourth-order valence-electron chi connectivity index (χ4n) is 2.82. The number of aryl methyl sites for hydroxylation is 1. The van der Waals surface area contributed by atoms with Crippen molar-refractivity contribution in [3.05, 3.63) is 88.2 Å². The first-order chi connectivity index (χ1) is 12.1. The van der Waals surface area contributed by atoms with Gasteiger partial charge < -0.3 is 0 Å². The summed E-state index contributed by atoms with van der Waals surface area (Å²) in [6.07, 6.45) is 0. The van der Waals surface area contributed by atoms with Crippen molar-refractivity contribution in [2.45, 2.75) is 13.5 Å². The number of hydrogen-bond donors (Lipinski definition) is 0. The first-order valence-electron chi connectivity index (χ1n) is 7.92. The molecule has 124 valence electrons. The molecule has 4 aromatic rings. The standard InChI is InChI=1S/C20H15FN2OS/c1-13-22-19-17(11-18(25-19)15-5-3-2-4-6-15)20(24)23(13)12-14-7-9-16(21)10-8-14/h2-11H,12H2,1H3. The lowest BCUT2D eigenvalue weighted by atomic mass is 10.2. The lowest BCUT2D eigenvalue weighted by Crippen LogP contribution is -2.23. The average Bonchev–Trinajstić information content (AvgIpc) is 3.05. The minimum Gasteiger partial charge on any atom is -0.292 e. The zero-order valence-corrected chi connectivity index (χ0v) is 14.4. The van der Waals surface area contributed by atoms with Crippen molar-refractivity contribution < 1.29 is 4.39 Å². The van der Waals surface area contributed by atoms with Crippen molar-refractivity contribution in [2.75, 3.05) is 0 Å². The molecule has 0 saturated carbocycles. The van der Waals surface area contributed by atoms with Crippen LogP contribution in [0.25, 0.3) is 20.7 Å². The van der Waals surface area contributed by atoms with Crippen LogP contribution in [0.5, 0.6) is 0 Å². The summed E-state index contributed by atoms with van der Waals surface area (Å²) < 4.78 is 14.7. The Morgan fingerprint density at radius 2 is 1.80 bits per heavy atom. The molecule has 2 heterocycles. The van der Waals surface area contributed by atoms with Crippen molar-refractivity contribution in [3.8, 4) is 10.4 Å². The maximum atomic E-state index is 13.1. The second kappa shape index (κ2) is 6.26. The minimum atomic E-state index is -0.285. The number of aromatic nitrogens is 2. The summed E-state index contributed by atoms with van der Waals surface area (Å²) in [5, 5.41) is 0.622. The van der Waals surface area contributed by atoms with E-state index in [9.17, 15) is 9.18 Å². The van der Waals surface area contributed by atoms with Crippen molar-refractivity contribution in [1.29, 1.82) is 0 Å². The Balaban J connectivity index is 1.81. The van der Waals surface area contributed by atoms with Crippen LogP contribution in [0.4, 0.5) is 4.39 Å². The van der Waals surface area contributed by atoms with E-state index >= 15 is 0 Å². The van der Waals surface area contributed by atoms with Gasteiger partial charge in [0.15, 0.2) is 0 Å². The lowest BCUT2D eigenvalue weighted by molar-refractivity contribution is 0.625. The van der Waals surface area contributed by atoms with Crippen LogP contribution in [0.3, 0.4) is 0 Å². The molecule has 0 amide bonds. The van der Waals surface area contributed by atoms with Gasteiger partial charge in [-0.2, -0.15) is 0 Å². The predicted molar refractivity (Wildman–Crippen MR) is 99.6 cm³/mol. The number of halogens is 1. The molecule has 0 radical (unpaired) electrons. The smallest absolute Gasteiger partial charge is 0.262 e. The molecule has 0 N–H and O–H groups in total. The Labute approximate surface area is 148 Å². The van der Waals surface area contributed by atoms with E-state index in [-0.39, 0.29) is 11.4 Å². The van der Waals surface area contributed by atoms with E-state index in [2.05, 4.69) is 4.98 Å². The molecule has 0 aliphatic heterocycles. The van der Waals surface area contributed by atoms with Gasteiger partial charge in [-0.05, 0) is 36.2 Å². The summed E-state index contributed by atoms with van der Waals surface area (Å²) in [5.74, 6) is 0.370. The number of rotatable bonds is 3. The quantitative estimate of drug-likeness (QED) is 0.540. The van der Waals surface area contributed by atoms with E-state index < -0.39 is 0 Å². The van der Waals surface area contributed by atoms with E-state index in [1.807, 2.05) is 43.3 Å². The van der Waals surface area contributed by atoms with E-state index in [1.165, 1.54) is 23.5 Å². The largest absolute Gasteiger partial charge is 0.292 e. The summed E-state index contributed by atoms with van der Waals surface area (Å²) in [5.41, 5.74) is 1.88. The maximum absolute atomic E-state index is 13.1. The van der Waals surface area contributed by atoms with Gasteiger partial charge >= 0.3 is 0 Å². The van der Waals surface area contributed by atoms with Crippen molar-refractivity contribution >= 4 is 21.6 Å². The normalized spacial score (nSPS) is 11.1. The van der Waals surface area contributed by atoms with Crippen LogP contribution in [-0.4, -0.2) is 9.55 Å². The third-order valence-corrected chi connectivity index (χ3v) is 5.23. The SMILES string of the molecule is Cc1nc2sc(-c3ccccc3)cc2c(=O)n1Cc1ccc(F)cc1. The molecule has 0 fully saturated rings. The highest BCUT2D eigenvalue weighted by molar-refractivity contribution is 7.21. The van der Waals surface area contributed by atoms with E-state index in [0.717, 1.165) is 20.8 Å². The van der Waals surface area contributed by atoms with Crippen molar-refractivity contribution in [2.24, 2.45) is 0 Å². The van der Waals surface area contributed by atoms with Crippen LogP contribution < -0.4 is 5.56 Å². The van der Waals surface area contributed by atoms with E-state index in [0.29, 0.717) is 17.8 Å². The molecular formula is C20H15FN2OS. The molecule has 0 spiro atoms. The average molecular weight is 350 g/mol. The molecule has 2 aromatic heterocycles. The lowest BCUT2D eigenvalue weighted by Gasteiger charge is -2.09. The monoisotopic (exact) mass is 350 g/mol. The highest BCUT2D eigenvalue weighted by atomic mass is 32.1. The van der Waals surface area contributed by atoms with Gasteiger partial charge in [0.05, 0.1) is 11.9 Å². The van der Waals surface area contributed by atoms with E-state index in [4.69, 9.17) is 0 Å². The highest BCUT2D eigenvalue weighted by Crippen LogP contribution is 2.30. The molecule has 0 unspecified atom stereocenters. The Bertz CT molecular complexity index is 1100. The van der Waals surface area contributed by atoms with Gasteiger partial charge in [-0.15, -0.1) is 11.3 Å². The van der Waals surface area contributed by atoms with Crippen LogP contribution in [0.2, 0.25) is 0 Å². The molecule has 0 atom stereocenters. The molecular weight excluding hydrogens is 335 g/mol. The number of hydrogen-bond acceptors (Lipinski definition) is 3. The molecule has 0 aliphatic rings. The van der Waals surface area contributed by atoms with E-state index in [1.54, 1.807) is 16.7 Å². The molecule has 0 aliphatic carbocycles. The van der Waals surface area contributed by atoms with Crippen LogP contribution in [-0.2, 0) is 6.54 Å². The summed E-state index contributed by atoms with van der Waals surface area (Å²) >= 11 is 1.52. The molecule has 25 heavy (non-hydrogen) atoms. The Morgan fingerprint density at radius 1 is 1.08 bits per heavy atom. The fourth-order valence-corrected chi connectivity index (χ4v) is 3.89. The van der Waals surface area contributed by atoms with Gasteiger partial charge in [0, 0.05) is 4.88 Å². The van der Waals surface area contributed by atoms with Crippen LogP contribution >= 0.6 is 11.3 Å². The van der Waals surface area contributed by atoms with Gasteiger partial charge in [-0.3, -0.25) is 9.36 Å². The van der Waals surface area contributed by atoms with Gasteiger partial charge in [0.1, 0.15) is 16.5 Å².